The minimum Gasteiger partial charge on any atom is -0.350 e. The maximum absolute atomic E-state index is 13.1. The van der Waals surface area contributed by atoms with Crippen molar-refractivity contribution in [2.24, 2.45) is 0 Å². The van der Waals surface area contributed by atoms with Crippen LogP contribution in [0.25, 0.3) is 0 Å². The van der Waals surface area contributed by atoms with Crippen LogP contribution >= 0.6 is 15.9 Å². The zero-order valence-corrected chi connectivity index (χ0v) is 14.0. The first-order valence-electron chi connectivity index (χ1n) is 7.38. The van der Waals surface area contributed by atoms with E-state index in [0.717, 1.165) is 15.7 Å². The molecule has 2 aromatic rings. The molecule has 116 valence electrons. The predicted molar refractivity (Wildman–Crippen MR) is 91.4 cm³/mol. The van der Waals surface area contributed by atoms with Crippen molar-refractivity contribution in [2.45, 2.75) is 12.6 Å². The molecule has 0 fully saturated rings. The highest BCUT2D eigenvalue weighted by Gasteiger charge is 2.54. The summed E-state index contributed by atoms with van der Waals surface area (Å²) in [5.41, 5.74) is 1.51. The number of para-hydroxylation sites is 1. The SMILES string of the molecule is CCN1C(=O)[C@@]2(NC(=O)c3ccccc3N2)c2cc(Br)ccc21. The van der Waals surface area contributed by atoms with Gasteiger partial charge in [-0.15, -0.1) is 0 Å². The zero-order valence-electron chi connectivity index (χ0n) is 12.4. The molecule has 1 atom stereocenters. The quantitative estimate of drug-likeness (QED) is 0.810. The number of likely N-dealkylation sites (N-methyl/N-ethyl adjacent to an activating group) is 1. The van der Waals surface area contributed by atoms with Crippen LogP contribution in [0.3, 0.4) is 0 Å². The molecule has 0 bridgehead atoms. The molecule has 0 saturated heterocycles. The summed E-state index contributed by atoms with van der Waals surface area (Å²) in [6.45, 7) is 2.45. The van der Waals surface area contributed by atoms with Crippen molar-refractivity contribution in [3.63, 3.8) is 0 Å². The molecule has 2 aliphatic rings. The van der Waals surface area contributed by atoms with E-state index in [1.165, 1.54) is 0 Å². The number of carbonyl (C=O) groups is 2. The first-order chi connectivity index (χ1) is 11.1. The zero-order chi connectivity index (χ0) is 16.2. The van der Waals surface area contributed by atoms with E-state index in [9.17, 15) is 9.59 Å². The Morgan fingerprint density at radius 2 is 1.91 bits per heavy atom. The minimum atomic E-state index is -1.25. The highest BCUT2D eigenvalue weighted by molar-refractivity contribution is 9.10. The lowest BCUT2D eigenvalue weighted by atomic mass is 9.96. The summed E-state index contributed by atoms with van der Waals surface area (Å²) in [6, 6.07) is 12.9. The molecule has 5 nitrogen and oxygen atoms in total. The van der Waals surface area contributed by atoms with Gasteiger partial charge in [0.2, 0.25) is 5.66 Å². The van der Waals surface area contributed by atoms with Gasteiger partial charge >= 0.3 is 0 Å². The average Bonchev–Trinajstić information content (AvgIpc) is 2.76. The molecule has 1 spiro atoms. The Kier molecular flexibility index (Phi) is 2.99. The topological polar surface area (TPSA) is 61.4 Å². The molecule has 6 heteroatoms. The van der Waals surface area contributed by atoms with Gasteiger partial charge in [-0.25, -0.2) is 0 Å². The summed E-state index contributed by atoms with van der Waals surface area (Å²) in [7, 11) is 0. The van der Waals surface area contributed by atoms with Gasteiger partial charge in [0.05, 0.1) is 11.3 Å². The van der Waals surface area contributed by atoms with Crippen molar-refractivity contribution in [3.8, 4) is 0 Å². The number of halogens is 1. The van der Waals surface area contributed by atoms with E-state index in [1.54, 1.807) is 17.0 Å². The Labute approximate surface area is 141 Å². The Morgan fingerprint density at radius 1 is 1.13 bits per heavy atom. The van der Waals surface area contributed by atoms with Gasteiger partial charge in [-0.3, -0.25) is 9.59 Å². The minimum absolute atomic E-state index is 0.170. The second kappa shape index (κ2) is 4.83. The number of amides is 2. The van der Waals surface area contributed by atoms with Crippen LogP contribution in [0, 0.1) is 0 Å². The molecule has 2 aliphatic heterocycles. The Morgan fingerprint density at radius 3 is 2.70 bits per heavy atom. The molecule has 23 heavy (non-hydrogen) atoms. The third kappa shape index (κ3) is 1.84. The number of nitrogens with one attached hydrogen (secondary N) is 2. The number of nitrogens with zero attached hydrogens (tertiary/aromatic N) is 1. The van der Waals surface area contributed by atoms with Crippen molar-refractivity contribution in [1.82, 2.24) is 5.32 Å². The largest absolute Gasteiger partial charge is 0.350 e. The van der Waals surface area contributed by atoms with E-state index in [1.807, 2.05) is 37.3 Å². The lowest BCUT2D eigenvalue weighted by molar-refractivity contribution is -0.123. The molecule has 2 amide bonds. The summed E-state index contributed by atoms with van der Waals surface area (Å²) in [6.07, 6.45) is 0. The van der Waals surface area contributed by atoms with Gasteiger partial charge < -0.3 is 15.5 Å². The van der Waals surface area contributed by atoms with Gasteiger partial charge in [0.1, 0.15) is 0 Å². The van der Waals surface area contributed by atoms with Crippen molar-refractivity contribution in [2.75, 3.05) is 16.8 Å². The van der Waals surface area contributed by atoms with Gasteiger partial charge in [0.15, 0.2) is 0 Å². The van der Waals surface area contributed by atoms with E-state index >= 15 is 0 Å². The summed E-state index contributed by atoms with van der Waals surface area (Å²) in [4.78, 5) is 27.3. The van der Waals surface area contributed by atoms with Crippen LogP contribution in [0.5, 0.6) is 0 Å². The second-order valence-electron chi connectivity index (χ2n) is 5.59. The average molecular weight is 372 g/mol. The van der Waals surface area contributed by atoms with Gasteiger partial charge in [-0.05, 0) is 37.3 Å². The van der Waals surface area contributed by atoms with Crippen LogP contribution in [0.2, 0.25) is 0 Å². The van der Waals surface area contributed by atoms with E-state index in [4.69, 9.17) is 0 Å². The predicted octanol–water partition coefficient (Wildman–Crippen LogP) is 2.82. The maximum Gasteiger partial charge on any atom is 0.278 e. The molecule has 0 unspecified atom stereocenters. The van der Waals surface area contributed by atoms with Crippen LogP contribution in [0.15, 0.2) is 46.9 Å². The number of fused-ring (bicyclic) bond motifs is 3. The van der Waals surface area contributed by atoms with Crippen LogP contribution < -0.4 is 15.5 Å². The van der Waals surface area contributed by atoms with E-state index in [0.29, 0.717) is 17.8 Å². The Hall–Kier alpha value is -2.34. The molecule has 2 aromatic carbocycles. The normalized spacial score (nSPS) is 21.7. The van der Waals surface area contributed by atoms with Crippen molar-refractivity contribution in [3.05, 3.63) is 58.1 Å². The summed E-state index contributed by atoms with van der Waals surface area (Å²) in [5.74, 6) is -0.424. The Balaban J connectivity index is 1.94. The van der Waals surface area contributed by atoms with E-state index in [-0.39, 0.29) is 11.8 Å². The molecule has 0 aromatic heterocycles. The fourth-order valence-electron chi connectivity index (χ4n) is 3.29. The number of rotatable bonds is 1. The number of hydrogen-bond donors (Lipinski definition) is 2. The van der Waals surface area contributed by atoms with Crippen molar-refractivity contribution >= 4 is 39.1 Å². The number of anilines is 2. The molecule has 0 radical (unpaired) electrons. The third-order valence-electron chi connectivity index (χ3n) is 4.33. The summed E-state index contributed by atoms with van der Waals surface area (Å²) < 4.78 is 0.858. The fourth-order valence-corrected chi connectivity index (χ4v) is 3.65. The van der Waals surface area contributed by atoms with E-state index in [2.05, 4.69) is 26.6 Å². The van der Waals surface area contributed by atoms with Gasteiger partial charge in [0, 0.05) is 22.3 Å². The maximum atomic E-state index is 13.1. The highest BCUT2D eigenvalue weighted by Crippen LogP contribution is 2.44. The van der Waals surface area contributed by atoms with Gasteiger partial charge in [-0.2, -0.15) is 0 Å². The van der Waals surface area contributed by atoms with Gasteiger partial charge in [-0.1, -0.05) is 28.1 Å². The monoisotopic (exact) mass is 371 g/mol. The molecule has 2 N–H and O–H groups in total. The molecular weight excluding hydrogens is 358 g/mol. The third-order valence-corrected chi connectivity index (χ3v) is 4.82. The van der Waals surface area contributed by atoms with E-state index < -0.39 is 5.66 Å². The molecule has 0 saturated carbocycles. The first-order valence-corrected chi connectivity index (χ1v) is 8.18. The number of carbonyl (C=O) groups excluding carboxylic acids is 2. The molecule has 4 rings (SSSR count). The van der Waals surface area contributed by atoms with Crippen LogP contribution in [0.1, 0.15) is 22.8 Å². The highest BCUT2D eigenvalue weighted by atomic mass is 79.9. The smallest absolute Gasteiger partial charge is 0.278 e. The van der Waals surface area contributed by atoms with Gasteiger partial charge in [0.25, 0.3) is 11.8 Å². The first kappa shape index (κ1) is 14.3. The van der Waals surface area contributed by atoms with Crippen LogP contribution in [-0.2, 0) is 10.5 Å². The number of benzene rings is 2. The molecular formula is C17H14BrN3O2. The molecule has 0 aliphatic carbocycles. The van der Waals surface area contributed by atoms with Crippen molar-refractivity contribution in [1.29, 1.82) is 0 Å². The molecule has 2 heterocycles. The lowest BCUT2D eigenvalue weighted by Gasteiger charge is -2.36. The van der Waals surface area contributed by atoms with Crippen molar-refractivity contribution < 1.29 is 9.59 Å². The van der Waals surface area contributed by atoms with Crippen LogP contribution in [0.4, 0.5) is 11.4 Å². The summed E-state index contributed by atoms with van der Waals surface area (Å²) in [5, 5.41) is 6.14. The lowest BCUT2D eigenvalue weighted by Crippen LogP contribution is -2.60. The van der Waals surface area contributed by atoms with Crippen LogP contribution in [-0.4, -0.2) is 18.4 Å². The second-order valence-corrected chi connectivity index (χ2v) is 6.50. The Bertz CT molecular complexity index is 851. The number of hydrogen-bond acceptors (Lipinski definition) is 3. The fraction of sp³-hybridized carbons (Fsp3) is 0.176. The standard InChI is InChI=1S/C17H14BrN3O2/c1-2-21-14-8-7-10(18)9-12(14)17(16(21)23)19-13-6-4-3-5-11(13)15(22)20-17/h3-9,19H,2H2,1H3,(H,20,22)/t17-/m0/s1. The summed E-state index contributed by atoms with van der Waals surface area (Å²) >= 11 is 3.45.